The number of nitrogens with zero attached hydrogens (tertiary/aromatic N) is 1. The molecule has 0 fully saturated rings. The quantitative estimate of drug-likeness (QED) is 0.842. The summed E-state index contributed by atoms with van der Waals surface area (Å²) in [6, 6.07) is 0.641. The molecule has 1 aromatic rings. The van der Waals surface area contributed by atoms with Gasteiger partial charge in [-0.1, -0.05) is 23.2 Å². The molecule has 0 spiro atoms. The minimum atomic E-state index is -4.37. The van der Waals surface area contributed by atoms with Crippen molar-refractivity contribution < 1.29 is 17.6 Å². The minimum Gasteiger partial charge on any atom is -0.336 e. The first-order chi connectivity index (χ1) is 9.52. The Morgan fingerprint density at radius 1 is 1.38 bits per heavy atom. The minimum absolute atomic E-state index is 0.171. The van der Waals surface area contributed by atoms with Gasteiger partial charge in [-0.2, -0.15) is 0 Å². The number of primary sulfonamides is 1. The van der Waals surface area contributed by atoms with Crippen LogP contribution in [0.5, 0.6) is 0 Å². The summed E-state index contributed by atoms with van der Waals surface area (Å²) in [6.07, 6.45) is 0. The zero-order chi connectivity index (χ0) is 16.5. The van der Waals surface area contributed by atoms with Crippen molar-refractivity contribution in [2.24, 2.45) is 5.14 Å². The fraction of sp³-hybridized carbons (Fsp3) is 0.417. The number of sulfonamides is 1. The van der Waals surface area contributed by atoms with E-state index >= 15 is 0 Å². The van der Waals surface area contributed by atoms with Gasteiger partial charge in [0.05, 0.1) is 15.6 Å². The van der Waals surface area contributed by atoms with Crippen LogP contribution >= 0.6 is 23.2 Å². The first-order valence-corrected chi connectivity index (χ1v) is 8.33. The maximum Gasteiger partial charge on any atom is 0.255 e. The van der Waals surface area contributed by atoms with Crippen molar-refractivity contribution >= 4 is 39.1 Å². The summed E-state index contributed by atoms with van der Waals surface area (Å²) in [5.74, 6) is -1.67. The van der Waals surface area contributed by atoms with Crippen molar-refractivity contribution in [2.45, 2.75) is 31.7 Å². The number of carbonyl (C=O) groups excluding carboxylic acids is 1. The lowest BCUT2D eigenvalue weighted by molar-refractivity contribution is 0.0716. The predicted octanol–water partition coefficient (Wildman–Crippen LogP) is 2.65. The number of hydrogen-bond acceptors (Lipinski definition) is 3. The molecule has 0 radical (unpaired) electrons. The maximum absolute atomic E-state index is 13.8. The Balaban J connectivity index is 3.60. The van der Waals surface area contributed by atoms with Crippen molar-refractivity contribution in [1.82, 2.24) is 4.90 Å². The molecule has 5 nitrogen and oxygen atoms in total. The largest absolute Gasteiger partial charge is 0.336 e. The number of rotatable bonds is 4. The van der Waals surface area contributed by atoms with Crippen LogP contribution in [-0.2, 0) is 10.0 Å². The number of carbonyl (C=O) groups is 1. The summed E-state index contributed by atoms with van der Waals surface area (Å²) < 4.78 is 36.8. The summed E-state index contributed by atoms with van der Waals surface area (Å²) in [4.78, 5) is 13.0. The maximum atomic E-state index is 13.8. The van der Waals surface area contributed by atoms with E-state index < -0.39 is 36.7 Å². The molecule has 2 N–H and O–H groups in total. The Bertz CT molecular complexity index is 678. The lowest BCUT2D eigenvalue weighted by Crippen LogP contribution is -2.37. The zero-order valence-electron chi connectivity index (χ0n) is 11.7. The molecule has 0 aromatic heterocycles. The molecule has 0 aliphatic carbocycles. The van der Waals surface area contributed by atoms with Crippen molar-refractivity contribution in [3.05, 3.63) is 27.5 Å². The average Bonchev–Trinajstić information content (AvgIpc) is 2.32. The Kier molecular flexibility index (Phi) is 5.60. The monoisotopic (exact) mass is 356 g/mol. The van der Waals surface area contributed by atoms with Crippen molar-refractivity contribution in [1.29, 1.82) is 0 Å². The molecule has 1 rings (SSSR count). The standard InChI is InChI=1S/C12H15Cl2FN2O3S/c1-4-17(6(2)3)12(18)7-5-8(15)10(14)11(9(7)13)21(16,19)20/h5-6H,4H2,1-3H3,(H2,16,19,20). The highest BCUT2D eigenvalue weighted by molar-refractivity contribution is 7.89. The molecule has 0 aliphatic rings. The predicted molar refractivity (Wildman–Crippen MR) is 79.6 cm³/mol. The number of nitrogens with two attached hydrogens (primary N) is 1. The highest BCUT2D eigenvalue weighted by atomic mass is 35.5. The topological polar surface area (TPSA) is 80.5 Å². The van der Waals surface area contributed by atoms with E-state index in [0.717, 1.165) is 6.07 Å². The van der Waals surface area contributed by atoms with Crippen LogP contribution in [0.4, 0.5) is 4.39 Å². The molecule has 9 heteroatoms. The van der Waals surface area contributed by atoms with Gasteiger partial charge in [0, 0.05) is 12.6 Å². The first kappa shape index (κ1) is 18.2. The molecular formula is C12H15Cl2FN2O3S. The van der Waals surface area contributed by atoms with E-state index in [1.807, 2.05) is 0 Å². The Hall–Kier alpha value is -0.890. The van der Waals surface area contributed by atoms with Gasteiger partial charge >= 0.3 is 0 Å². The highest BCUT2D eigenvalue weighted by Gasteiger charge is 2.28. The molecule has 0 saturated heterocycles. The third kappa shape index (κ3) is 3.66. The second-order valence-electron chi connectivity index (χ2n) is 4.59. The fourth-order valence-electron chi connectivity index (χ4n) is 1.88. The number of halogens is 3. The number of amides is 1. The van der Waals surface area contributed by atoms with Crippen LogP contribution in [0.3, 0.4) is 0 Å². The van der Waals surface area contributed by atoms with Gasteiger partial charge in [-0.15, -0.1) is 0 Å². The van der Waals surface area contributed by atoms with Crippen LogP contribution in [0.2, 0.25) is 10.0 Å². The Labute approximate surface area is 132 Å². The third-order valence-electron chi connectivity index (χ3n) is 2.86. The van der Waals surface area contributed by atoms with Gasteiger partial charge in [0.15, 0.2) is 0 Å². The van der Waals surface area contributed by atoms with Crippen LogP contribution in [0.15, 0.2) is 11.0 Å². The molecule has 118 valence electrons. The number of hydrogen-bond donors (Lipinski definition) is 1. The van der Waals surface area contributed by atoms with E-state index in [1.165, 1.54) is 4.90 Å². The molecule has 0 heterocycles. The van der Waals surface area contributed by atoms with Crippen molar-refractivity contribution in [3.63, 3.8) is 0 Å². The Morgan fingerprint density at radius 3 is 2.29 bits per heavy atom. The van der Waals surface area contributed by atoms with E-state index in [4.69, 9.17) is 28.3 Å². The SMILES string of the molecule is CCN(C(=O)c1cc(F)c(Cl)c(S(N)(=O)=O)c1Cl)C(C)C. The van der Waals surface area contributed by atoms with Gasteiger partial charge in [-0.3, -0.25) is 4.79 Å². The van der Waals surface area contributed by atoms with E-state index in [1.54, 1.807) is 20.8 Å². The van der Waals surface area contributed by atoms with Gasteiger partial charge in [0.1, 0.15) is 10.7 Å². The second-order valence-corrected chi connectivity index (χ2v) is 6.85. The van der Waals surface area contributed by atoms with Gasteiger partial charge in [-0.05, 0) is 26.8 Å². The molecule has 21 heavy (non-hydrogen) atoms. The van der Waals surface area contributed by atoms with E-state index in [9.17, 15) is 17.6 Å². The summed E-state index contributed by atoms with van der Waals surface area (Å²) in [5, 5.41) is 3.77. The molecular weight excluding hydrogens is 342 g/mol. The second kappa shape index (κ2) is 6.48. The zero-order valence-corrected chi connectivity index (χ0v) is 14.0. The highest BCUT2D eigenvalue weighted by Crippen LogP contribution is 2.34. The molecule has 0 bridgehead atoms. The van der Waals surface area contributed by atoms with E-state index in [-0.39, 0.29) is 11.6 Å². The molecule has 1 aromatic carbocycles. The smallest absolute Gasteiger partial charge is 0.255 e. The summed E-state index contributed by atoms with van der Waals surface area (Å²) in [6.45, 7) is 5.62. The Morgan fingerprint density at radius 2 is 1.90 bits per heavy atom. The normalized spacial score (nSPS) is 11.8. The van der Waals surface area contributed by atoms with Crippen molar-refractivity contribution in [2.75, 3.05) is 6.54 Å². The van der Waals surface area contributed by atoms with E-state index in [2.05, 4.69) is 0 Å². The first-order valence-electron chi connectivity index (χ1n) is 6.03. The summed E-state index contributed by atoms with van der Waals surface area (Å²) >= 11 is 11.5. The lowest BCUT2D eigenvalue weighted by Gasteiger charge is -2.26. The van der Waals surface area contributed by atoms with Crippen molar-refractivity contribution in [3.8, 4) is 0 Å². The molecule has 0 atom stereocenters. The third-order valence-corrected chi connectivity index (χ3v) is 4.82. The summed E-state index contributed by atoms with van der Waals surface area (Å²) in [5.41, 5.74) is -0.293. The molecule has 1 amide bonds. The van der Waals surface area contributed by atoms with Gasteiger partial charge < -0.3 is 4.90 Å². The van der Waals surface area contributed by atoms with Crippen LogP contribution in [0, 0.1) is 5.82 Å². The fourth-order valence-corrected chi connectivity index (χ4v) is 3.66. The number of benzene rings is 1. The lowest BCUT2D eigenvalue weighted by atomic mass is 10.1. The molecule has 0 unspecified atom stereocenters. The van der Waals surface area contributed by atoms with Crippen LogP contribution in [0.1, 0.15) is 31.1 Å². The van der Waals surface area contributed by atoms with Gasteiger partial charge in [0.25, 0.3) is 5.91 Å². The van der Waals surface area contributed by atoms with Crippen LogP contribution in [-0.4, -0.2) is 31.8 Å². The summed E-state index contributed by atoms with van der Waals surface area (Å²) in [7, 11) is -4.37. The van der Waals surface area contributed by atoms with Gasteiger partial charge in [0.2, 0.25) is 10.0 Å². The molecule has 0 saturated carbocycles. The van der Waals surface area contributed by atoms with E-state index in [0.29, 0.717) is 6.54 Å². The van der Waals surface area contributed by atoms with Crippen LogP contribution in [0.25, 0.3) is 0 Å². The average molecular weight is 357 g/mol. The van der Waals surface area contributed by atoms with Gasteiger partial charge in [-0.25, -0.2) is 17.9 Å². The van der Waals surface area contributed by atoms with Crippen LogP contribution < -0.4 is 5.14 Å². The molecule has 0 aliphatic heterocycles.